The third-order valence-corrected chi connectivity index (χ3v) is 5.61. The maximum absolute atomic E-state index is 13.0. The first-order valence-corrected chi connectivity index (χ1v) is 10.7. The van der Waals surface area contributed by atoms with Crippen molar-refractivity contribution in [3.8, 4) is 5.75 Å². The molecule has 0 bridgehead atoms. The van der Waals surface area contributed by atoms with Crippen LogP contribution < -0.4 is 4.74 Å². The summed E-state index contributed by atoms with van der Waals surface area (Å²) in [7, 11) is 0. The summed E-state index contributed by atoms with van der Waals surface area (Å²) in [4.78, 5) is 30.1. The van der Waals surface area contributed by atoms with Crippen LogP contribution >= 0.6 is 27.5 Å². The first kappa shape index (κ1) is 22.8. The Bertz CT molecular complexity index is 1040. The highest BCUT2D eigenvalue weighted by Crippen LogP contribution is 2.29. The molecule has 0 spiro atoms. The second-order valence-electron chi connectivity index (χ2n) is 6.77. The van der Waals surface area contributed by atoms with E-state index in [-0.39, 0.29) is 23.8 Å². The Morgan fingerprint density at radius 1 is 1.19 bits per heavy atom. The van der Waals surface area contributed by atoms with Gasteiger partial charge >= 0.3 is 5.97 Å². The number of carbonyl (C=O) groups excluding carboxylic acids is 1. The number of carboxylic acids is 1. The molecular weight excluding hydrogens is 486 g/mol. The minimum absolute atomic E-state index is 0.0139. The molecule has 1 aromatic heterocycles. The molecule has 1 heterocycles. The highest BCUT2D eigenvalue weighted by atomic mass is 79.9. The largest absolute Gasteiger partial charge is 0.482 e. The van der Waals surface area contributed by atoms with Crippen LogP contribution in [0.2, 0.25) is 5.02 Å². The van der Waals surface area contributed by atoms with Crippen molar-refractivity contribution < 1.29 is 19.4 Å². The Labute approximate surface area is 193 Å². The minimum atomic E-state index is -1.13. The molecule has 2 aromatic carbocycles. The van der Waals surface area contributed by atoms with Crippen LogP contribution in [0.4, 0.5) is 0 Å². The van der Waals surface area contributed by atoms with Crippen LogP contribution in [0.5, 0.6) is 5.75 Å². The molecule has 0 aliphatic rings. The Morgan fingerprint density at radius 3 is 2.71 bits per heavy atom. The fraction of sp³-hybridized carbons (Fsp3) is 0.227. The van der Waals surface area contributed by atoms with Crippen molar-refractivity contribution in [2.75, 3.05) is 13.2 Å². The number of imidazole rings is 1. The number of carboxylic acid groups (broad SMARTS) is 1. The van der Waals surface area contributed by atoms with Gasteiger partial charge in [-0.25, -0.2) is 9.78 Å². The molecule has 1 N–H and O–H groups in total. The number of amides is 1. The van der Waals surface area contributed by atoms with Gasteiger partial charge in [-0.05, 0) is 46.1 Å². The summed E-state index contributed by atoms with van der Waals surface area (Å²) >= 11 is 9.58. The van der Waals surface area contributed by atoms with Crippen molar-refractivity contribution in [1.82, 2.24) is 14.5 Å². The zero-order chi connectivity index (χ0) is 22.2. The van der Waals surface area contributed by atoms with Crippen molar-refractivity contribution in [3.05, 3.63) is 81.8 Å². The SMILES string of the molecule is O=C(O)c1cccc(Br)c1OCC(=O)N(CCCn1ccnc1)Cc1ccccc1Cl. The third kappa shape index (κ3) is 6.32. The predicted octanol–water partition coefficient (Wildman–Crippen LogP) is 4.50. The van der Waals surface area contributed by atoms with E-state index in [9.17, 15) is 14.7 Å². The second kappa shape index (κ2) is 11.0. The number of para-hydroxylation sites is 1. The first-order chi connectivity index (χ1) is 15.0. The molecule has 0 radical (unpaired) electrons. The zero-order valence-corrected chi connectivity index (χ0v) is 18.9. The summed E-state index contributed by atoms with van der Waals surface area (Å²) in [6.07, 6.45) is 6.01. The van der Waals surface area contributed by atoms with Gasteiger partial charge in [0.1, 0.15) is 11.3 Å². The van der Waals surface area contributed by atoms with E-state index in [1.54, 1.807) is 35.6 Å². The number of carbonyl (C=O) groups is 2. The summed E-state index contributed by atoms with van der Waals surface area (Å²) in [6, 6.07) is 12.0. The van der Waals surface area contributed by atoms with Crippen LogP contribution in [0.25, 0.3) is 0 Å². The van der Waals surface area contributed by atoms with E-state index in [2.05, 4.69) is 20.9 Å². The van der Waals surface area contributed by atoms with E-state index >= 15 is 0 Å². The van der Waals surface area contributed by atoms with Crippen LogP contribution in [0, 0.1) is 0 Å². The lowest BCUT2D eigenvalue weighted by atomic mass is 10.2. The van der Waals surface area contributed by atoms with Gasteiger partial charge in [-0.1, -0.05) is 35.9 Å². The molecule has 3 aromatic rings. The smallest absolute Gasteiger partial charge is 0.339 e. The predicted molar refractivity (Wildman–Crippen MR) is 120 cm³/mol. The van der Waals surface area contributed by atoms with Gasteiger partial charge in [0.25, 0.3) is 5.91 Å². The topological polar surface area (TPSA) is 84.7 Å². The molecule has 0 aliphatic heterocycles. The van der Waals surface area contributed by atoms with Gasteiger partial charge < -0.3 is 19.3 Å². The van der Waals surface area contributed by atoms with E-state index < -0.39 is 5.97 Å². The van der Waals surface area contributed by atoms with E-state index in [1.165, 1.54) is 6.07 Å². The van der Waals surface area contributed by atoms with Crippen molar-refractivity contribution in [1.29, 1.82) is 0 Å². The van der Waals surface area contributed by atoms with Crippen molar-refractivity contribution in [2.45, 2.75) is 19.5 Å². The molecule has 0 saturated carbocycles. The maximum Gasteiger partial charge on any atom is 0.339 e. The van der Waals surface area contributed by atoms with Gasteiger partial charge in [0.05, 0.1) is 10.8 Å². The number of nitrogens with zero attached hydrogens (tertiary/aromatic N) is 3. The van der Waals surface area contributed by atoms with E-state index in [0.29, 0.717) is 35.6 Å². The summed E-state index contributed by atoms with van der Waals surface area (Å²) < 4.78 is 8.03. The standard InChI is InChI=1S/C22H21BrClN3O4/c23-18-7-3-6-17(22(29)30)21(18)31-14-20(28)27(11-4-10-26-12-9-25-15-26)13-16-5-1-2-8-19(16)24/h1-3,5-9,12,15H,4,10-11,13-14H2,(H,29,30). The minimum Gasteiger partial charge on any atom is -0.482 e. The maximum atomic E-state index is 13.0. The Morgan fingerprint density at radius 2 is 2.00 bits per heavy atom. The molecule has 0 fully saturated rings. The van der Waals surface area contributed by atoms with Gasteiger partial charge in [0, 0.05) is 37.1 Å². The molecule has 31 heavy (non-hydrogen) atoms. The number of rotatable bonds is 10. The first-order valence-electron chi connectivity index (χ1n) is 9.57. The number of hydrogen-bond acceptors (Lipinski definition) is 4. The molecule has 1 amide bonds. The van der Waals surface area contributed by atoms with E-state index in [0.717, 1.165) is 5.56 Å². The molecule has 0 saturated heterocycles. The number of aromatic carboxylic acids is 1. The summed E-state index contributed by atoms with van der Waals surface area (Å²) in [5, 5.41) is 9.96. The third-order valence-electron chi connectivity index (χ3n) is 4.61. The highest BCUT2D eigenvalue weighted by molar-refractivity contribution is 9.10. The lowest BCUT2D eigenvalue weighted by Crippen LogP contribution is -2.36. The Balaban J connectivity index is 1.71. The number of aryl methyl sites for hydroxylation is 1. The average molecular weight is 507 g/mol. The van der Waals surface area contributed by atoms with Crippen molar-refractivity contribution in [3.63, 3.8) is 0 Å². The van der Waals surface area contributed by atoms with Gasteiger partial charge in [0.15, 0.2) is 6.61 Å². The van der Waals surface area contributed by atoms with Crippen LogP contribution in [-0.2, 0) is 17.9 Å². The Kier molecular flexibility index (Phi) is 8.08. The van der Waals surface area contributed by atoms with E-state index in [4.69, 9.17) is 16.3 Å². The molecule has 162 valence electrons. The lowest BCUT2D eigenvalue weighted by molar-refractivity contribution is -0.134. The van der Waals surface area contributed by atoms with Crippen LogP contribution in [0.3, 0.4) is 0 Å². The monoisotopic (exact) mass is 505 g/mol. The summed E-state index contributed by atoms with van der Waals surface area (Å²) in [6.45, 7) is 1.22. The molecule has 0 atom stereocenters. The van der Waals surface area contributed by atoms with Crippen LogP contribution in [-0.4, -0.2) is 44.6 Å². The van der Waals surface area contributed by atoms with Gasteiger partial charge in [-0.15, -0.1) is 0 Å². The second-order valence-corrected chi connectivity index (χ2v) is 8.03. The Hall–Kier alpha value is -2.84. The molecule has 3 rings (SSSR count). The van der Waals surface area contributed by atoms with Crippen molar-refractivity contribution in [2.24, 2.45) is 0 Å². The number of aromatic nitrogens is 2. The van der Waals surface area contributed by atoms with Crippen LogP contribution in [0.15, 0.2) is 65.7 Å². The molecule has 9 heteroatoms. The van der Waals surface area contributed by atoms with Crippen molar-refractivity contribution >= 4 is 39.4 Å². The zero-order valence-electron chi connectivity index (χ0n) is 16.6. The highest BCUT2D eigenvalue weighted by Gasteiger charge is 2.19. The van der Waals surface area contributed by atoms with Gasteiger partial charge in [-0.3, -0.25) is 4.79 Å². The fourth-order valence-corrected chi connectivity index (χ4v) is 3.71. The van der Waals surface area contributed by atoms with Crippen LogP contribution in [0.1, 0.15) is 22.3 Å². The molecular formula is C22H21BrClN3O4. The average Bonchev–Trinajstić information content (AvgIpc) is 3.26. The quantitative estimate of drug-likeness (QED) is 0.438. The lowest BCUT2D eigenvalue weighted by Gasteiger charge is -2.24. The summed E-state index contributed by atoms with van der Waals surface area (Å²) in [5.41, 5.74) is 0.812. The van der Waals surface area contributed by atoms with E-state index in [1.807, 2.05) is 29.0 Å². The number of halogens is 2. The van der Waals surface area contributed by atoms with Gasteiger partial charge in [0.2, 0.25) is 0 Å². The summed E-state index contributed by atoms with van der Waals surface area (Å²) in [5.74, 6) is -1.27. The number of hydrogen-bond donors (Lipinski definition) is 1. The fourth-order valence-electron chi connectivity index (χ4n) is 3.04. The van der Waals surface area contributed by atoms with Gasteiger partial charge in [-0.2, -0.15) is 0 Å². The number of ether oxygens (including phenoxy) is 1. The molecule has 0 aliphatic carbocycles. The normalized spacial score (nSPS) is 10.6. The molecule has 0 unspecified atom stereocenters. The molecule has 7 nitrogen and oxygen atoms in total. The number of benzene rings is 2.